The molecular weight excluding hydrogens is 260 g/mol. The Morgan fingerprint density at radius 1 is 1.30 bits per heavy atom. The topological polar surface area (TPSA) is 101 Å². The standard InChI is InChI=1S/C13H10N4O3/c18-13(19)8-1-2-10-11(5-8)15-7-16-12(10)14-6-9-3-4-20-17-9/h1-5,7H,6H2,(H,18,19)(H,14,15,16). The summed E-state index contributed by atoms with van der Waals surface area (Å²) in [6.07, 6.45) is 2.88. The van der Waals surface area contributed by atoms with Crippen LogP contribution in [0.1, 0.15) is 16.1 Å². The molecule has 0 spiro atoms. The number of hydrogen-bond acceptors (Lipinski definition) is 6. The summed E-state index contributed by atoms with van der Waals surface area (Å²) in [4.78, 5) is 19.2. The second-order valence-electron chi connectivity index (χ2n) is 4.10. The number of hydrogen-bond donors (Lipinski definition) is 2. The molecule has 20 heavy (non-hydrogen) atoms. The Hall–Kier alpha value is -2.96. The molecule has 0 amide bonds. The third-order valence-corrected chi connectivity index (χ3v) is 2.81. The first-order valence-electron chi connectivity index (χ1n) is 5.85. The Labute approximate surface area is 113 Å². The molecule has 7 heteroatoms. The number of aromatic nitrogens is 3. The minimum Gasteiger partial charge on any atom is -0.478 e. The second kappa shape index (κ2) is 4.96. The SMILES string of the molecule is O=C(O)c1ccc2c(NCc3ccon3)ncnc2c1. The predicted molar refractivity (Wildman–Crippen MR) is 70.3 cm³/mol. The average Bonchev–Trinajstić information content (AvgIpc) is 2.97. The van der Waals surface area contributed by atoms with E-state index >= 15 is 0 Å². The number of anilines is 1. The third kappa shape index (κ3) is 2.28. The van der Waals surface area contributed by atoms with E-state index in [0.717, 1.165) is 11.1 Å². The molecule has 0 saturated carbocycles. The number of rotatable bonds is 4. The van der Waals surface area contributed by atoms with Gasteiger partial charge in [-0.1, -0.05) is 5.16 Å². The van der Waals surface area contributed by atoms with Crippen molar-refractivity contribution in [2.24, 2.45) is 0 Å². The lowest BCUT2D eigenvalue weighted by molar-refractivity contribution is 0.0697. The van der Waals surface area contributed by atoms with Gasteiger partial charge in [0, 0.05) is 11.5 Å². The van der Waals surface area contributed by atoms with E-state index in [1.54, 1.807) is 12.1 Å². The molecule has 2 aromatic heterocycles. The third-order valence-electron chi connectivity index (χ3n) is 2.81. The second-order valence-corrected chi connectivity index (χ2v) is 4.10. The van der Waals surface area contributed by atoms with Gasteiger partial charge < -0.3 is 14.9 Å². The molecule has 7 nitrogen and oxygen atoms in total. The van der Waals surface area contributed by atoms with Crippen LogP contribution in [0.4, 0.5) is 5.82 Å². The summed E-state index contributed by atoms with van der Waals surface area (Å²) >= 11 is 0. The van der Waals surface area contributed by atoms with Gasteiger partial charge in [0.2, 0.25) is 0 Å². The monoisotopic (exact) mass is 270 g/mol. The zero-order chi connectivity index (χ0) is 13.9. The van der Waals surface area contributed by atoms with E-state index in [0.29, 0.717) is 17.9 Å². The summed E-state index contributed by atoms with van der Waals surface area (Å²) in [5.41, 5.74) is 1.51. The normalized spacial score (nSPS) is 10.6. The zero-order valence-corrected chi connectivity index (χ0v) is 10.3. The molecule has 0 unspecified atom stereocenters. The summed E-state index contributed by atoms with van der Waals surface area (Å²) in [7, 11) is 0. The van der Waals surface area contributed by atoms with Crippen LogP contribution in [0.5, 0.6) is 0 Å². The van der Waals surface area contributed by atoms with E-state index in [1.807, 2.05) is 0 Å². The maximum Gasteiger partial charge on any atom is 0.335 e. The number of fused-ring (bicyclic) bond motifs is 1. The summed E-state index contributed by atoms with van der Waals surface area (Å²) in [6.45, 7) is 0.462. The highest BCUT2D eigenvalue weighted by atomic mass is 16.5. The fourth-order valence-corrected chi connectivity index (χ4v) is 1.83. The predicted octanol–water partition coefficient (Wildman–Crippen LogP) is 1.93. The van der Waals surface area contributed by atoms with E-state index in [2.05, 4.69) is 20.4 Å². The quantitative estimate of drug-likeness (QED) is 0.746. The summed E-state index contributed by atoms with van der Waals surface area (Å²) < 4.78 is 4.74. The molecule has 3 rings (SSSR count). The van der Waals surface area contributed by atoms with Gasteiger partial charge in [0.1, 0.15) is 24.1 Å². The highest BCUT2D eigenvalue weighted by Crippen LogP contribution is 2.20. The molecular formula is C13H10N4O3. The van der Waals surface area contributed by atoms with E-state index in [9.17, 15) is 4.79 Å². The Bertz CT molecular complexity index is 755. The van der Waals surface area contributed by atoms with Crippen molar-refractivity contribution in [3.8, 4) is 0 Å². The molecule has 0 saturated heterocycles. The maximum absolute atomic E-state index is 10.9. The Morgan fingerprint density at radius 3 is 2.95 bits per heavy atom. The Morgan fingerprint density at radius 2 is 2.20 bits per heavy atom. The van der Waals surface area contributed by atoms with Gasteiger partial charge in [-0.2, -0.15) is 0 Å². The van der Waals surface area contributed by atoms with Crippen molar-refractivity contribution in [1.29, 1.82) is 0 Å². The lowest BCUT2D eigenvalue weighted by Crippen LogP contribution is -2.03. The summed E-state index contributed by atoms with van der Waals surface area (Å²) in [6, 6.07) is 6.47. The lowest BCUT2D eigenvalue weighted by atomic mass is 10.1. The van der Waals surface area contributed by atoms with Crippen molar-refractivity contribution in [3.63, 3.8) is 0 Å². The molecule has 0 aliphatic rings. The van der Waals surface area contributed by atoms with Gasteiger partial charge in [0.05, 0.1) is 17.6 Å². The van der Waals surface area contributed by atoms with E-state index in [-0.39, 0.29) is 5.56 Å². The molecule has 0 aliphatic carbocycles. The number of carboxylic acids is 1. The van der Waals surface area contributed by atoms with Crippen LogP contribution in [0.15, 0.2) is 41.4 Å². The maximum atomic E-state index is 10.9. The van der Waals surface area contributed by atoms with Crippen LogP contribution >= 0.6 is 0 Å². The van der Waals surface area contributed by atoms with Gasteiger partial charge >= 0.3 is 5.97 Å². The van der Waals surface area contributed by atoms with Crippen molar-refractivity contribution in [3.05, 3.63) is 48.1 Å². The molecule has 100 valence electrons. The van der Waals surface area contributed by atoms with Gasteiger partial charge in [-0.15, -0.1) is 0 Å². The number of carbonyl (C=O) groups is 1. The summed E-state index contributed by atoms with van der Waals surface area (Å²) in [5.74, 6) is -0.363. The molecule has 0 bridgehead atoms. The molecule has 0 radical (unpaired) electrons. The molecule has 0 fully saturated rings. The van der Waals surface area contributed by atoms with Gasteiger partial charge in [-0.3, -0.25) is 0 Å². The van der Waals surface area contributed by atoms with Crippen LogP contribution in [0, 0.1) is 0 Å². The molecule has 0 aliphatic heterocycles. The molecule has 2 N–H and O–H groups in total. The fraction of sp³-hybridized carbons (Fsp3) is 0.0769. The molecule has 2 heterocycles. The van der Waals surface area contributed by atoms with Crippen LogP contribution in [0.2, 0.25) is 0 Å². The van der Waals surface area contributed by atoms with Gasteiger partial charge in [0.15, 0.2) is 0 Å². The van der Waals surface area contributed by atoms with Crippen molar-refractivity contribution >= 4 is 22.7 Å². The van der Waals surface area contributed by atoms with Crippen LogP contribution in [0.25, 0.3) is 10.9 Å². The zero-order valence-electron chi connectivity index (χ0n) is 10.3. The summed E-state index contributed by atoms with van der Waals surface area (Å²) in [5, 5.41) is 16.6. The first kappa shape index (κ1) is 12.1. The van der Waals surface area contributed by atoms with Crippen molar-refractivity contribution < 1.29 is 14.4 Å². The van der Waals surface area contributed by atoms with Crippen LogP contribution < -0.4 is 5.32 Å². The van der Waals surface area contributed by atoms with E-state index < -0.39 is 5.97 Å². The van der Waals surface area contributed by atoms with Crippen molar-refractivity contribution in [1.82, 2.24) is 15.1 Å². The molecule has 0 atom stereocenters. The van der Waals surface area contributed by atoms with Gasteiger partial charge in [-0.25, -0.2) is 14.8 Å². The smallest absolute Gasteiger partial charge is 0.335 e. The Kier molecular flexibility index (Phi) is 3.00. The highest BCUT2D eigenvalue weighted by molar-refractivity contribution is 5.96. The number of aromatic carboxylic acids is 1. The molecule has 3 aromatic rings. The molecule has 1 aromatic carbocycles. The first-order valence-corrected chi connectivity index (χ1v) is 5.85. The van der Waals surface area contributed by atoms with Crippen LogP contribution in [-0.2, 0) is 6.54 Å². The minimum atomic E-state index is -0.984. The number of nitrogens with zero attached hydrogens (tertiary/aromatic N) is 3. The minimum absolute atomic E-state index is 0.193. The van der Waals surface area contributed by atoms with Crippen molar-refractivity contribution in [2.75, 3.05) is 5.32 Å². The van der Waals surface area contributed by atoms with Gasteiger partial charge in [-0.05, 0) is 18.2 Å². The largest absolute Gasteiger partial charge is 0.478 e. The van der Waals surface area contributed by atoms with E-state index in [4.69, 9.17) is 9.63 Å². The highest BCUT2D eigenvalue weighted by Gasteiger charge is 2.08. The van der Waals surface area contributed by atoms with Crippen molar-refractivity contribution in [2.45, 2.75) is 6.54 Å². The number of carboxylic acid groups (broad SMARTS) is 1. The van der Waals surface area contributed by atoms with Gasteiger partial charge in [0.25, 0.3) is 0 Å². The lowest BCUT2D eigenvalue weighted by Gasteiger charge is -2.07. The van der Waals surface area contributed by atoms with Crippen LogP contribution in [0.3, 0.4) is 0 Å². The average molecular weight is 270 g/mol. The van der Waals surface area contributed by atoms with Crippen LogP contribution in [-0.4, -0.2) is 26.2 Å². The fourth-order valence-electron chi connectivity index (χ4n) is 1.83. The number of nitrogens with one attached hydrogen (secondary N) is 1. The first-order chi connectivity index (χ1) is 9.74. The Balaban J connectivity index is 1.93. The van der Waals surface area contributed by atoms with E-state index in [1.165, 1.54) is 24.7 Å². The number of benzene rings is 1.